The summed E-state index contributed by atoms with van der Waals surface area (Å²) >= 11 is 0. The monoisotopic (exact) mass is 514 g/mol. The van der Waals surface area contributed by atoms with Gasteiger partial charge in [-0.2, -0.15) is 0 Å². The van der Waals surface area contributed by atoms with E-state index in [1.807, 2.05) is 73.7 Å². The first-order valence-electron chi connectivity index (χ1n) is 12.9. The van der Waals surface area contributed by atoms with Crippen LogP contribution in [0.3, 0.4) is 0 Å². The molecule has 1 aliphatic carbocycles. The van der Waals surface area contributed by atoms with Gasteiger partial charge in [-0.25, -0.2) is 14.4 Å². The van der Waals surface area contributed by atoms with E-state index >= 15 is 0 Å². The van der Waals surface area contributed by atoms with Gasteiger partial charge in [0.15, 0.2) is 0 Å². The summed E-state index contributed by atoms with van der Waals surface area (Å²) in [5.74, 6) is -1.20. The number of carboxylic acid groups (broad SMARTS) is 1. The maximum Gasteiger partial charge on any atom is 0.328 e. The zero-order valence-corrected chi connectivity index (χ0v) is 21.7. The van der Waals surface area contributed by atoms with E-state index in [9.17, 15) is 19.5 Å². The van der Waals surface area contributed by atoms with Crippen molar-refractivity contribution in [3.8, 4) is 0 Å². The van der Waals surface area contributed by atoms with Crippen molar-refractivity contribution >= 4 is 29.4 Å². The number of carbonyl (C=O) groups is 3. The van der Waals surface area contributed by atoms with E-state index in [2.05, 4.69) is 5.32 Å². The highest BCUT2D eigenvalue weighted by atomic mass is 16.4. The normalized spacial score (nSPS) is 14.2. The summed E-state index contributed by atoms with van der Waals surface area (Å²) in [4.78, 5) is 44.5. The number of rotatable bonds is 10. The average Bonchev–Trinajstić information content (AvgIpc) is 3.78. The summed E-state index contributed by atoms with van der Waals surface area (Å²) in [6.45, 7) is 2.27. The third kappa shape index (κ3) is 6.32. The van der Waals surface area contributed by atoms with Gasteiger partial charge in [0.25, 0.3) is 0 Å². The number of nitrogens with one attached hydrogen (secondary N) is 1. The molecule has 1 saturated carbocycles. The zero-order chi connectivity index (χ0) is 27.1. The van der Waals surface area contributed by atoms with Crippen LogP contribution < -0.4 is 10.2 Å². The Bertz CT molecular complexity index is 1180. The molecule has 4 rings (SSSR count). The number of hydrogen-bond donors (Lipinski definition) is 2. The van der Waals surface area contributed by atoms with Crippen LogP contribution in [0.5, 0.6) is 0 Å². The first kappa shape index (κ1) is 26.7. The summed E-state index contributed by atoms with van der Waals surface area (Å²) in [5, 5.41) is 12.9. The van der Waals surface area contributed by atoms with E-state index in [1.165, 1.54) is 9.80 Å². The van der Waals surface area contributed by atoms with Crippen molar-refractivity contribution in [1.82, 2.24) is 15.1 Å². The number of anilines is 2. The largest absolute Gasteiger partial charge is 0.480 e. The molecule has 3 aromatic rings. The molecular formula is C30H34N4O4. The van der Waals surface area contributed by atoms with E-state index in [1.54, 1.807) is 36.2 Å². The fourth-order valence-corrected chi connectivity index (χ4v) is 4.65. The molecule has 2 atom stereocenters. The molecule has 8 nitrogen and oxygen atoms in total. The van der Waals surface area contributed by atoms with E-state index < -0.39 is 24.1 Å². The lowest BCUT2D eigenvalue weighted by Crippen LogP contribution is -2.59. The van der Waals surface area contributed by atoms with Crippen LogP contribution in [-0.4, -0.2) is 58.1 Å². The standard InChI is InChI=1S/C30H34N4O4/c1-3-26(32(2)30(38)33(23-19-20-23)21-22-13-7-4-8-14-22)27(28(35)36)31-29(37)34(24-15-9-5-10-16-24)25-17-11-6-12-18-25/h4-18,23,26-27H,3,19-21H2,1-2H3,(H,31,37)(H,35,36)/t26-,27+/m1/s1. The minimum atomic E-state index is -1.31. The molecule has 4 amide bonds. The number of para-hydroxylation sites is 2. The van der Waals surface area contributed by atoms with Gasteiger partial charge < -0.3 is 20.2 Å². The quantitative estimate of drug-likeness (QED) is 0.375. The smallest absolute Gasteiger partial charge is 0.328 e. The van der Waals surface area contributed by atoms with Gasteiger partial charge in [0.1, 0.15) is 6.04 Å². The SMILES string of the molecule is CC[C@H]([C@H](NC(=O)N(c1ccccc1)c1ccccc1)C(=O)O)N(C)C(=O)N(Cc1ccccc1)C1CC1. The van der Waals surface area contributed by atoms with Crippen LogP contribution in [0.15, 0.2) is 91.0 Å². The molecule has 2 N–H and O–H groups in total. The van der Waals surface area contributed by atoms with Crippen molar-refractivity contribution in [1.29, 1.82) is 0 Å². The molecule has 38 heavy (non-hydrogen) atoms. The summed E-state index contributed by atoms with van der Waals surface area (Å²) in [6, 6.07) is 25.1. The van der Waals surface area contributed by atoms with Gasteiger partial charge in [-0.3, -0.25) is 4.90 Å². The predicted molar refractivity (Wildman–Crippen MR) is 147 cm³/mol. The average molecular weight is 515 g/mol. The fraction of sp³-hybridized carbons (Fsp3) is 0.300. The first-order chi connectivity index (χ1) is 18.4. The van der Waals surface area contributed by atoms with Gasteiger partial charge in [0.05, 0.1) is 17.4 Å². The summed E-state index contributed by atoms with van der Waals surface area (Å²) < 4.78 is 0. The third-order valence-corrected chi connectivity index (χ3v) is 6.81. The molecular weight excluding hydrogens is 480 g/mol. The predicted octanol–water partition coefficient (Wildman–Crippen LogP) is 5.48. The van der Waals surface area contributed by atoms with Gasteiger partial charge in [-0.1, -0.05) is 73.7 Å². The molecule has 1 fully saturated rings. The van der Waals surface area contributed by atoms with Crippen LogP contribution in [0.4, 0.5) is 21.0 Å². The van der Waals surface area contributed by atoms with Gasteiger partial charge in [0, 0.05) is 19.6 Å². The fourth-order valence-electron chi connectivity index (χ4n) is 4.65. The topological polar surface area (TPSA) is 93.2 Å². The molecule has 0 saturated heterocycles. The number of amides is 4. The number of carbonyl (C=O) groups excluding carboxylic acids is 2. The Kier molecular flexibility index (Phi) is 8.63. The maximum absolute atomic E-state index is 13.7. The van der Waals surface area contributed by atoms with Crippen LogP contribution in [0.1, 0.15) is 31.7 Å². The second-order valence-electron chi connectivity index (χ2n) is 9.49. The minimum Gasteiger partial charge on any atom is -0.480 e. The van der Waals surface area contributed by atoms with Crippen molar-refractivity contribution in [3.63, 3.8) is 0 Å². The molecule has 8 heteroatoms. The van der Waals surface area contributed by atoms with E-state index in [4.69, 9.17) is 0 Å². The molecule has 1 aliphatic rings. The van der Waals surface area contributed by atoms with Crippen molar-refractivity contribution < 1.29 is 19.5 Å². The number of hydrogen-bond acceptors (Lipinski definition) is 3. The Morgan fingerprint density at radius 1 is 0.868 bits per heavy atom. The lowest BCUT2D eigenvalue weighted by Gasteiger charge is -2.37. The molecule has 0 bridgehead atoms. The zero-order valence-electron chi connectivity index (χ0n) is 21.7. The third-order valence-electron chi connectivity index (χ3n) is 6.81. The second-order valence-corrected chi connectivity index (χ2v) is 9.49. The summed E-state index contributed by atoms with van der Waals surface area (Å²) in [7, 11) is 1.62. The lowest BCUT2D eigenvalue weighted by atomic mass is 10.0. The van der Waals surface area contributed by atoms with Crippen molar-refractivity contribution in [3.05, 3.63) is 96.6 Å². The number of carboxylic acids is 1. The van der Waals surface area contributed by atoms with E-state index in [0.717, 1.165) is 18.4 Å². The van der Waals surface area contributed by atoms with E-state index in [0.29, 0.717) is 24.3 Å². The number of benzene rings is 3. The van der Waals surface area contributed by atoms with Crippen LogP contribution in [0.25, 0.3) is 0 Å². The number of urea groups is 2. The van der Waals surface area contributed by atoms with Gasteiger partial charge in [0.2, 0.25) is 0 Å². The molecule has 3 aromatic carbocycles. The molecule has 0 aliphatic heterocycles. The van der Waals surface area contributed by atoms with Crippen LogP contribution in [0, 0.1) is 0 Å². The summed E-state index contributed by atoms with van der Waals surface area (Å²) in [5.41, 5.74) is 2.21. The Morgan fingerprint density at radius 2 is 1.37 bits per heavy atom. The van der Waals surface area contributed by atoms with Crippen LogP contribution in [-0.2, 0) is 11.3 Å². The van der Waals surface area contributed by atoms with Gasteiger partial charge in [-0.15, -0.1) is 0 Å². The highest BCUT2D eigenvalue weighted by Crippen LogP contribution is 2.30. The molecule has 0 aromatic heterocycles. The first-order valence-corrected chi connectivity index (χ1v) is 12.9. The second kappa shape index (κ2) is 12.3. The molecule has 0 unspecified atom stereocenters. The van der Waals surface area contributed by atoms with Gasteiger partial charge >= 0.3 is 18.0 Å². The summed E-state index contributed by atoms with van der Waals surface area (Å²) in [6.07, 6.45) is 2.19. The minimum absolute atomic E-state index is 0.132. The Labute approximate surface area is 223 Å². The maximum atomic E-state index is 13.7. The number of likely N-dealkylation sites (N-methyl/N-ethyl adjacent to an activating group) is 1. The van der Waals surface area contributed by atoms with Crippen LogP contribution >= 0.6 is 0 Å². The highest BCUT2D eigenvalue weighted by Gasteiger charge is 2.40. The van der Waals surface area contributed by atoms with Crippen molar-refractivity contribution in [2.24, 2.45) is 0 Å². The molecule has 0 radical (unpaired) electrons. The number of aliphatic carboxylic acids is 1. The van der Waals surface area contributed by atoms with Crippen LogP contribution in [0.2, 0.25) is 0 Å². The molecule has 0 spiro atoms. The highest BCUT2D eigenvalue weighted by molar-refractivity contribution is 6.01. The van der Waals surface area contributed by atoms with E-state index in [-0.39, 0.29) is 12.1 Å². The van der Waals surface area contributed by atoms with Crippen molar-refractivity contribution in [2.75, 3.05) is 11.9 Å². The van der Waals surface area contributed by atoms with Gasteiger partial charge in [-0.05, 0) is 49.1 Å². The molecule has 198 valence electrons. The number of nitrogens with zero attached hydrogens (tertiary/aromatic N) is 3. The Hall–Kier alpha value is -4.33. The van der Waals surface area contributed by atoms with Crippen molar-refractivity contribution in [2.45, 2.75) is 50.9 Å². The lowest BCUT2D eigenvalue weighted by molar-refractivity contribution is -0.140. The Morgan fingerprint density at radius 3 is 1.82 bits per heavy atom. The Balaban J connectivity index is 1.56. The molecule has 0 heterocycles.